The van der Waals surface area contributed by atoms with Gasteiger partial charge in [0.1, 0.15) is 0 Å². The molecule has 27 heavy (non-hydrogen) atoms. The fourth-order valence-corrected chi connectivity index (χ4v) is 5.53. The van der Waals surface area contributed by atoms with Crippen LogP contribution in [0.4, 0.5) is 0 Å². The predicted molar refractivity (Wildman–Crippen MR) is 104 cm³/mol. The molecule has 2 aliphatic rings. The minimum absolute atomic E-state index is 0.172. The number of nitrogens with zero attached hydrogens (tertiary/aromatic N) is 1. The molecule has 0 aliphatic carbocycles. The number of sulfonamides is 1. The monoisotopic (exact) mass is 387 g/mol. The molecule has 144 valence electrons. The van der Waals surface area contributed by atoms with Crippen molar-refractivity contribution in [3.63, 3.8) is 0 Å². The standard InChI is InChI=1S/C21H25NO4S/c1-15-6-8-18(13-16(15)2)27(23,24)22-10-3-5-19(22)17-7-9-20-21(14-17)26-12-4-11-25-20/h6-9,13-14,19H,3-5,10-12H2,1-2H3. The van der Waals surface area contributed by atoms with Crippen LogP contribution in [0.3, 0.4) is 0 Å². The molecule has 2 aromatic rings. The predicted octanol–water partition coefficient (Wildman–Crippen LogP) is 3.99. The third-order valence-electron chi connectivity index (χ3n) is 5.44. The van der Waals surface area contributed by atoms with Gasteiger partial charge in [-0.05, 0) is 67.6 Å². The van der Waals surface area contributed by atoms with Crippen molar-refractivity contribution in [2.45, 2.75) is 44.0 Å². The molecule has 6 heteroatoms. The Labute approximate surface area is 161 Å². The van der Waals surface area contributed by atoms with Crippen LogP contribution in [0, 0.1) is 13.8 Å². The van der Waals surface area contributed by atoms with E-state index in [2.05, 4.69) is 0 Å². The van der Waals surface area contributed by atoms with Crippen molar-refractivity contribution in [3.8, 4) is 11.5 Å². The molecule has 2 aliphatic heterocycles. The summed E-state index contributed by atoms with van der Waals surface area (Å²) in [4.78, 5) is 0.367. The Kier molecular flexibility index (Phi) is 4.86. The summed E-state index contributed by atoms with van der Waals surface area (Å²) in [6.45, 7) is 5.73. The highest BCUT2D eigenvalue weighted by Crippen LogP contribution is 2.40. The first kappa shape index (κ1) is 18.3. The normalized spacial score (nSPS) is 20.4. The zero-order valence-corrected chi connectivity index (χ0v) is 16.6. The molecule has 2 aromatic carbocycles. The molecule has 0 N–H and O–H groups in total. The fraction of sp³-hybridized carbons (Fsp3) is 0.429. The van der Waals surface area contributed by atoms with Crippen LogP contribution in [0.5, 0.6) is 11.5 Å². The van der Waals surface area contributed by atoms with Gasteiger partial charge in [-0.25, -0.2) is 8.42 Å². The molecule has 1 saturated heterocycles. The van der Waals surface area contributed by atoms with Crippen molar-refractivity contribution in [1.82, 2.24) is 4.31 Å². The van der Waals surface area contributed by atoms with Crippen LogP contribution in [0.25, 0.3) is 0 Å². The second kappa shape index (κ2) is 7.17. The average molecular weight is 388 g/mol. The average Bonchev–Trinajstić information content (AvgIpc) is 3.04. The summed E-state index contributed by atoms with van der Waals surface area (Å²) in [6, 6.07) is 11.0. The van der Waals surface area contributed by atoms with Crippen LogP contribution in [0.15, 0.2) is 41.3 Å². The van der Waals surface area contributed by atoms with Crippen LogP contribution in [0.1, 0.15) is 42.0 Å². The van der Waals surface area contributed by atoms with Gasteiger partial charge in [-0.2, -0.15) is 4.31 Å². The highest BCUT2D eigenvalue weighted by molar-refractivity contribution is 7.89. The topological polar surface area (TPSA) is 55.8 Å². The van der Waals surface area contributed by atoms with E-state index in [1.54, 1.807) is 16.4 Å². The third kappa shape index (κ3) is 3.44. The van der Waals surface area contributed by atoms with Crippen molar-refractivity contribution < 1.29 is 17.9 Å². The number of rotatable bonds is 3. The lowest BCUT2D eigenvalue weighted by molar-refractivity contribution is 0.296. The zero-order chi connectivity index (χ0) is 19.0. The molecule has 4 rings (SSSR count). The van der Waals surface area contributed by atoms with Gasteiger partial charge in [0.05, 0.1) is 24.2 Å². The summed E-state index contributed by atoms with van der Waals surface area (Å²) in [6.07, 6.45) is 2.51. The van der Waals surface area contributed by atoms with Crippen molar-refractivity contribution in [3.05, 3.63) is 53.1 Å². The second-order valence-corrected chi connectivity index (χ2v) is 9.17. The SMILES string of the molecule is Cc1ccc(S(=O)(=O)N2CCCC2c2ccc3c(c2)OCCCO3)cc1C. The Balaban J connectivity index is 1.68. The molecule has 0 bridgehead atoms. The summed E-state index contributed by atoms with van der Waals surface area (Å²) in [7, 11) is -3.54. The van der Waals surface area contributed by atoms with Crippen LogP contribution >= 0.6 is 0 Å². The maximum Gasteiger partial charge on any atom is 0.243 e. The minimum Gasteiger partial charge on any atom is -0.490 e. The Bertz CT molecular complexity index is 955. The summed E-state index contributed by atoms with van der Waals surface area (Å²) in [5.41, 5.74) is 3.04. The molecular weight excluding hydrogens is 362 g/mol. The maximum atomic E-state index is 13.3. The fourth-order valence-electron chi connectivity index (χ4n) is 3.76. The minimum atomic E-state index is -3.54. The summed E-state index contributed by atoms with van der Waals surface area (Å²) < 4.78 is 39.7. The Hall–Kier alpha value is -2.05. The van der Waals surface area contributed by atoms with E-state index < -0.39 is 10.0 Å². The quantitative estimate of drug-likeness (QED) is 0.799. The molecule has 0 radical (unpaired) electrons. The number of aryl methyl sites for hydroxylation is 2. The maximum absolute atomic E-state index is 13.3. The van der Waals surface area contributed by atoms with E-state index in [4.69, 9.17) is 9.47 Å². The molecule has 0 saturated carbocycles. The first-order valence-corrected chi connectivity index (χ1v) is 10.9. The number of ether oxygens (including phenoxy) is 2. The van der Waals surface area contributed by atoms with Gasteiger partial charge in [0.15, 0.2) is 11.5 Å². The molecule has 5 nitrogen and oxygen atoms in total. The van der Waals surface area contributed by atoms with Crippen LogP contribution in [-0.2, 0) is 10.0 Å². The van der Waals surface area contributed by atoms with E-state index in [0.717, 1.165) is 41.7 Å². The lowest BCUT2D eigenvalue weighted by Crippen LogP contribution is -2.30. The second-order valence-electron chi connectivity index (χ2n) is 7.28. The molecule has 1 unspecified atom stereocenters. The van der Waals surface area contributed by atoms with Crippen molar-refractivity contribution in [1.29, 1.82) is 0 Å². The highest BCUT2D eigenvalue weighted by Gasteiger charge is 2.36. The lowest BCUT2D eigenvalue weighted by atomic mass is 10.0. The zero-order valence-electron chi connectivity index (χ0n) is 15.8. The van der Waals surface area contributed by atoms with Crippen LogP contribution < -0.4 is 9.47 Å². The Morgan fingerprint density at radius 1 is 0.926 bits per heavy atom. The van der Waals surface area contributed by atoms with Crippen LogP contribution in [-0.4, -0.2) is 32.5 Å². The van der Waals surface area contributed by atoms with Gasteiger partial charge >= 0.3 is 0 Å². The largest absolute Gasteiger partial charge is 0.490 e. The lowest BCUT2D eigenvalue weighted by Gasteiger charge is -2.25. The number of hydrogen-bond acceptors (Lipinski definition) is 4. The highest BCUT2D eigenvalue weighted by atomic mass is 32.2. The number of benzene rings is 2. The summed E-state index contributed by atoms with van der Waals surface area (Å²) in [5.74, 6) is 1.44. The molecule has 0 aromatic heterocycles. The van der Waals surface area contributed by atoms with Crippen molar-refractivity contribution in [2.75, 3.05) is 19.8 Å². The van der Waals surface area contributed by atoms with Gasteiger partial charge in [-0.3, -0.25) is 0 Å². The van der Waals surface area contributed by atoms with Gasteiger partial charge in [-0.1, -0.05) is 12.1 Å². The molecule has 2 heterocycles. The molecule has 1 atom stereocenters. The Morgan fingerprint density at radius 2 is 1.70 bits per heavy atom. The summed E-state index contributed by atoms with van der Waals surface area (Å²) in [5, 5.41) is 0. The van der Waals surface area contributed by atoms with E-state index >= 15 is 0 Å². The van der Waals surface area contributed by atoms with Gasteiger partial charge < -0.3 is 9.47 Å². The molecule has 0 spiro atoms. The van der Waals surface area contributed by atoms with Gasteiger partial charge in [-0.15, -0.1) is 0 Å². The number of fused-ring (bicyclic) bond motifs is 1. The van der Waals surface area contributed by atoms with E-state index in [1.165, 1.54) is 0 Å². The molecular formula is C21H25NO4S. The smallest absolute Gasteiger partial charge is 0.243 e. The Morgan fingerprint density at radius 3 is 2.48 bits per heavy atom. The van der Waals surface area contributed by atoms with Crippen molar-refractivity contribution in [2.24, 2.45) is 0 Å². The molecule has 0 amide bonds. The van der Waals surface area contributed by atoms with Crippen LogP contribution in [0.2, 0.25) is 0 Å². The first-order chi connectivity index (χ1) is 13.0. The van der Waals surface area contributed by atoms with Gasteiger partial charge in [0, 0.05) is 13.0 Å². The van der Waals surface area contributed by atoms with E-state index in [-0.39, 0.29) is 6.04 Å². The van der Waals surface area contributed by atoms with E-state index in [9.17, 15) is 8.42 Å². The van der Waals surface area contributed by atoms with Gasteiger partial charge in [0.25, 0.3) is 0 Å². The number of hydrogen-bond donors (Lipinski definition) is 0. The van der Waals surface area contributed by atoms with E-state index in [0.29, 0.717) is 30.4 Å². The third-order valence-corrected chi connectivity index (χ3v) is 7.35. The van der Waals surface area contributed by atoms with Gasteiger partial charge in [0.2, 0.25) is 10.0 Å². The first-order valence-electron chi connectivity index (χ1n) is 9.45. The van der Waals surface area contributed by atoms with E-state index in [1.807, 2.05) is 38.1 Å². The molecule has 1 fully saturated rings. The summed E-state index contributed by atoms with van der Waals surface area (Å²) >= 11 is 0. The van der Waals surface area contributed by atoms with Crippen molar-refractivity contribution >= 4 is 10.0 Å².